The average Bonchev–Trinajstić information content (AvgIpc) is 3.89. The molecule has 14 rings (SSSR count). The second kappa shape index (κ2) is 21.0. The smallest absolute Gasteiger partial charge is 0.407 e. The van der Waals surface area contributed by atoms with Gasteiger partial charge in [0.2, 0.25) is 17.8 Å². The lowest BCUT2D eigenvalue weighted by molar-refractivity contribution is 0.0506. The van der Waals surface area contributed by atoms with Crippen molar-refractivity contribution in [1.82, 2.24) is 70.1 Å². The van der Waals surface area contributed by atoms with Crippen LogP contribution in [0.3, 0.4) is 0 Å². The monoisotopic (exact) mass is 1110 g/mol. The minimum absolute atomic E-state index is 0.149. The lowest BCUT2D eigenvalue weighted by Gasteiger charge is -2.22. The first-order chi connectivity index (χ1) is 38.4. The maximum Gasteiger partial charge on any atom is 0.407 e. The predicted octanol–water partition coefficient (Wildman–Crippen LogP) is 9.49. The van der Waals surface area contributed by atoms with Gasteiger partial charge in [0.05, 0.1) is 11.7 Å². The average molecular weight is 1110 g/mol. The standard InChI is InChI=1S/C28H32FN9O2.C14H19ClN4O2.C14H15N5/c1-28(2,3)40-27(39)33-22-18-13-37(14-19(18)22)21-9-8-20(35-36-21)32-26-31-12-17-16-10-11-30-24(29)23(16)38(25(17)34-26)15-6-4-5-7-15;1-14(2,3)21-13(20)16-12-8-6-19(7-9(8)12)11-5-4-10(15)17-18-11;15-14-17-7-11-10-5-6-16-8-12(10)19(13(11)18-14)9-3-1-2-4-9/h8-12,15,18-19,22H,4-7,13-14H2,1-3H3,(H,33,39)(H,31,32,34,35);4-5,8-9,12H,6-7H2,1-3H3,(H,16,20);5-9H,1-4H2,(H2,15,17,18)/t18-,19+,22?;8-,9+,12?;. The lowest BCUT2D eigenvalue weighted by atomic mass is 10.2. The van der Waals surface area contributed by atoms with Gasteiger partial charge in [0.25, 0.3) is 0 Å². The van der Waals surface area contributed by atoms with E-state index in [0.717, 1.165) is 96.2 Å². The van der Waals surface area contributed by atoms with E-state index in [2.05, 4.69) is 75.6 Å². The van der Waals surface area contributed by atoms with Crippen LogP contribution in [0.25, 0.3) is 43.9 Å². The molecule has 2 unspecified atom stereocenters. The Morgan fingerprint density at radius 1 is 0.625 bits per heavy atom. The molecule has 0 radical (unpaired) electrons. The number of anilines is 5. The third-order valence-electron chi connectivity index (χ3n) is 16.1. The molecule has 6 aliphatic rings. The van der Waals surface area contributed by atoms with Gasteiger partial charge in [-0.3, -0.25) is 4.98 Å². The number of amides is 2. The Morgan fingerprint density at radius 3 is 1.73 bits per heavy atom. The molecule has 418 valence electrons. The molecule has 4 saturated carbocycles. The first-order valence-electron chi connectivity index (χ1n) is 27.7. The summed E-state index contributed by atoms with van der Waals surface area (Å²) in [5, 5.41) is 30.0. The van der Waals surface area contributed by atoms with Gasteiger partial charge in [0.1, 0.15) is 28.0 Å². The molecule has 8 aromatic rings. The Kier molecular flexibility index (Phi) is 13.9. The van der Waals surface area contributed by atoms with Crippen molar-refractivity contribution in [2.75, 3.05) is 47.0 Å². The van der Waals surface area contributed by atoms with Crippen LogP contribution >= 0.6 is 11.6 Å². The van der Waals surface area contributed by atoms with E-state index in [0.29, 0.717) is 63.7 Å². The van der Waals surface area contributed by atoms with Crippen molar-refractivity contribution in [2.45, 2.75) is 128 Å². The van der Waals surface area contributed by atoms with E-state index in [1.54, 1.807) is 12.3 Å². The van der Waals surface area contributed by atoms with E-state index >= 15 is 0 Å². The van der Waals surface area contributed by atoms with Gasteiger partial charge in [-0.2, -0.15) is 14.4 Å². The Bertz CT molecular complexity index is 3570. The molecule has 80 heavy (non-hydrogen) atoms. The number of ether oxygens (including phenoxy) is 2. The number of piperidine rings is 2. The van der Waals surface area contributed by atoms with Crippen LogP contribution in [0.2, 0.25) is 5.15 Å². The summed E-state index contributed by atoms with van der Waals surface area (Å²) in [6, 6.07) is 12.3. The Balaban J connectivity index is 0.000000133. The highest BCUT2D eigenvalue weighted by Crippen LogP contribution is 2.48. The van der Waals surface area contributed by atoms with Crippen molar-refractivity contribution in [2.24, 2.45) is 23.7 Å². The molecular weight excluding hydrogens is 1040 g/mol. The second-order valence-electron chi connectivity index (χ2n) is 23.8. The van der Waals surface area contributed by atoms with Crippen molar-refractivity contribution in [3.63, 3.8) is 0 Å². The molecule has 10 heterocycles. The van der Waals surface area contributed by atoms with Crippen LogP contribution in [-0.4, -0.2) is 121 Å². The van der Waals surface area contributed by atoms with Crippen molar-refractivity contribution < 1.29 is 23.5 Å². The number of hydrogen-bond donors (Lipinski definition) is 4. The maximum absolute atomic E-state index is 14.9. The van der Waals surface area contributed by atoms with E-state index < -0.39 is 17.1 Å². The second-order valence-corrected chi connectivity index (χ2v) is 24.2. The molecule has 2 amide bonds. The summed E-state index contributed by atoms with van der Waals surface area (Å²) in [6.45, 7) is 14.5. The van der Waals surface area contributed by atoms with Gasteiger partial charge in [-0.1, -0.05) is 37.3 Å². The highest BCUT2D eigenvalue weighted by molar-refractivity contribution is 6.29. The number of halogens is 2. The summed E-state index contributed by atoms with van der Waals surface area (Å²) in [4.78, 5) is 54.2. The van der Waals surface area contributed by atoms with E-state index in [9.17, 15) is 14.0 Å². The minimum atomic E-state index is -0.508. The third-order valence-corrected chi connectivity index (χ3v) is 16.3. The van der Waals surface area contributed by atoms with E-state index in [1.165, 1.54) is 31.9 Å². The molecule has 0 bridgehead atoms. The molecule has 2 saturated heterocycles. The molecule has 6 atom stereocenters. The SMILES string of the molecule is CC(C)(C)OC(=O)NC1[C@H]2CN(c3ccc(Cl)nn3)C[C@@H]12.CC(C)(C)OC(=O)NC1[C@H]2CN(c3ccc(Nc4ncc5c6ccnc(F)c6n(C6CCCC6)c5n4)nn3)C[C@@H]12.Nc1ncc2c3ccncc3n(C3CCCC3)c2n1. The number of alkyl carbamates (subject to hydrolysis) is 2. The number of aromatic nitrogens is 12. The number of carbonyl (C=O) groups is 2. The van der Waals surface area contributed by atoms with Crippen LogP contribution in [-0.2, 0) is 9.47 Å². The summed E-state index contributed by atoms with van der Waals surface area (Å²) < 4.78 is 29.8. The normalized spacial score (nSPS) is 22.4. The van der Waals surface area contributed by atoms with Crippen LogP contribution in [0.4, 0.5) is 43.3 Å². The predicted molar refractivity (Wildman–Crippen MR) is 302 cm³/mol. The van der Waals surface area contributed by atoms with Crippen molar-refractivity contribution in [3.05, 3.63) is 78.5 Å². The van der Waals surface area contributed by atoms with Gasteiger partial charge in [-0.25, -0.2) is 24.5 Å². The van der Waals surface area contributed by atoms with Gasteiger partial charge in [0, 0.05) is 120 Å². The zero-order valence-electron chi connectivity index (χ0n) is 45.7. The molecular formula is C56H66ClFN18O4. The van der Waals surface area contributed by atoms with Crippen LogP contribution in [0.1, 0.15) is 105 Å². The molecule has 6 fully saturated rings. The number of rotatable bonds is 8. The van der Waals surface area contributed by atoms with Gasteiger partial charge in [0.15, 0.2) is 22.6 Å². The fraction of sp³-hybridized carbons (Fsp3) is 0.500. The fourth-order valence-corrected chi connectivity index (χ4v) is 12.5. The first kappa shape index (κ1) is 52.9. The number of nitrogens with zero attached hydrogens (tertiary/aromatic N) is 14. The molecule has 2 aliphatic heterocycles. The minimum Gasteiger partial charge on any atom is -0.444 e. The number of hydrogen-bond acceptors (Lipinski definition) is 18. The van der Waals surface area contributed by atoms with Crippen LogP contribution in [0.5, 0.6) is 0 Å². The van der Waals surface area contributed by atoms with E-state index in [1.807, 2.05) is 95.0 Å². The summed E-state index contributed by atoms with van der Waals surface area (Å²) >= 11 is 5.74. The number of nitrogens with one attached hydrogen (secondary N) is 3. The molecule has 8 aromatic heterocycles. The maximum atomic E-state index is 14.9. The van der Waals surface area contributed by atoms with Gasteiger partial charge < -0.3 is 50.1 Å². The quantitative estimate of drug-likeness (QED) is 0.103. The molecule has 0 spiro atoms. The summed E-state index contributed by atoms with van der Waals surface area (Å²) in [5.41, 5.74) is 8.07. The zero-order chi connectivity index (χ0) is 55.6. The number of fused-ring (bicyclic) bond motifs is 8. The third kappa shape index (κ3) is 10.9. The van der Waals surface area contributed by atoms with Crippen molar-refractivity contribution >= 4 is 97.0 Å². The number of carbonyl (C=O) groups excluding carboxylic acids is 2. The molecule has 4 aliphatic carbocycles. The topological polar surface area (TPSA) is 260 Å². The molecule has 24 heteroatoms. The summed E-state index contributed by atoms with van der Waals surface area (Å²) in [5.74, 6) is 4.09. The zero-order valence-corrected chi connectivity index (χ0v) is 46.4. The number of nitrogen functional groups attached to an aromatic ring is 1. The van der Waals surface area contributed by atoms with Gasteiger partial charge in [-0.05, 0) is 104 Å². The van der Waals surface area contributed by atoms with Gasteiger partial charge >= 0.3 is 12.2 Å². The van der Waals surface area contributed by atoms with Crippen LogP contribution in [0, 0.1) is 29.6 Å². The van der Waals surface area contributed by atoms with Crippen LogP contribution < -0.4 is 31.5 Å². The first-order valence-corrected chi connectivity index (χ1v) is 28.1. The van der Waals surface area contributed by atoms with Gasteiger partial charge in [-0.15, -0.1) is 20.4 Å². The molecule has 0 aromatic carbocycles. The Labute approximate surface area is 466 Å². The van der Waals surface area contributed by atoms with E-state index in [-0.39, 0.29) is 30.3 Å². The lowest BCUT2D eigenvalue weighted by Crippen LogP contribution is -2.38. The fourth-order valence-electron chi connectivity index (χ4n) is 12.4. The Morgan fingerprint density at radius 2 is 1.16 bits per heavy atom. The molecule has 22 nitrogen and oxygen atoms in total. The highest BCUT2D eigenvalue weighted by atomic mass is 35.5. The van der Waals surface area contributed by atoms with E-state index in [4.69, 9.17) is 31.8 Å². The number of nitrogens with two attached hydrogens (primary N) is 1. The number of pyridine rings is 2. The summed E-state index contributed by atoms with van der Waals surface area (Å²) in [7, 11) is 0. The molecule has 5 N–H and O–H groups in total. The highest BCUT2D eigenvalue weighted by Gasteiger charge is 2.58. The Hall–Kier alpha value is -7.82. The largest absolute Gasteiger partial charge is 0.444 e. The van der Waals surface area contributed by atoms with Crippen molar-refractivity contribution in [3.8, 4) is 0 Å². The summed E-state index contributed by atoms with van der Waals surface area (Å²) in [6.07, 6.45) is 17.3. The van der Waals surface area contributed by atoms with Crippen LogP contribution in [0.15, 0.2) is 67.4 Å². The van der Waals surface area contributed by atoms with Crippen molar-refractivity contribution in [1.29, 1.82) is 0 Å².